The molecule has 1 aromatic heterocycles. The van der Waals surface area contributed by atoms with E-state index in [1.165, 1.54) is 16.9 Å². The maximum Gasteiger partial charge on any atom is 0.256 e. The number of benzene rings is 1. The Labute approximate surface area is 137 Å². The first-order valence-electron chi connectivity index (χ1n) is 7.34. The van der Waals surface area contributed by atoms with Crippen LogP contribution in [0.4, 0.5) is 5.00 Å². The van der Waals surface area contributed by atoms with Crippen molar-refractivity contribution in [2.24, 2.45) is 0 Å². The lowest BCUT2D eigenvalue weighted by atomic mass is 9.94. The van der Waals surface area contributed by atoms with Crippen LogP contribution in [0.3, 0.4) is 0 Å². The number of aryl methyl sites for hydroxylation is 1. The quantitative estimate of drug-likeness (QED) is 0.742. The number of hydrogen-bond acceptors (Lipinski definition) is 4. The molecule has 0 fully saturated rings. The van der Waals surface area contributed by atoms with Gasteiger partial charge in [0.05, 0.1) is 5.56 Å². The number of phenolic OH excluding ortho intramolecular Hbond substituents is 1. The van der Waals surface area contributed by atoms with Crippen LogP contribution in [-0.2, 0) is 12.8 Å². The number of amides is 1. The van der Waals surface area contributed by atoms with Gasteiger partial charge in [-0.1, -0.05) is 11.6 Å². The van der Waals surface area contributed by atoms with Crippen LogP contribution in [0.25, 0.3) is 0 Å². The van der Waals surface area contributed by atoms with E-state index < -0.39 is 6.17 Å². The fourth-order valence-corrected chi connectivity index (χ4v) is 4.69. The van der Waals surface area contributed by atoms with Crippen LogP contribution >= 0.6 is 22.9 Å². The van der Waals surface area contributed by atoms with Gasteiger partial charge < -0.3 is 15.7 Å². The second kappa shape index (κ2) is 5.18. The lowest BCUT2D eigenvalue weighted by molar-refractivity contribution is 0.0935. The van der Waals surface area contributed by atoms with E-state index in [9.17, 15) is 9.90 Å². The summed E-state index contributed by atoms with van der Waals surface area (Å²) in [5, 5.41) is 17.7. The lowest BCUT2D eigenvalue weighted by Crippen LogP contribution is -2.38. The second-order valence-corrected chi connectivity index (χ2v) is 7.21. The molecule has 1 aliphatic carbocycles. The van der Waals surface area contributed by atoms with Gasteiger partial charge in [-0.05, 0) is 49.4 Å². The van der Waals surface area contributed by atoms with Crippen molar-refractivity contribution in [3.63, 3.8) is 0 Å². The Hall–Kier alpha value is -1.72. The van der Waals surface area contributed by atoms with Crippen LogP contribution in [0.1, 0.15) is 45.4 Å². The number of aromatic hydroxyl groups is 1. The van der Waals surface area contributed by atoms with Crippen LogP contribution < -0.4 is 10.6 Å². The van der Waals surface area contributed by atoms with E-state index >= 15 is 0 Å². The molecule has 1 amide bonds. The highest BCUT2D eigenvalue weighted by Gasteiger charge is 2.32. The maximum atomic E-state index is 12.5. The van der Waals surface area contributed by atoms with Gasteiger partial charge in [0.15, 0.2) is 0 Å². The molecule has 4 rings (SSSR count). The highest BCUT2D eigenvalue weighted by atomic mass is 35.5. The van der Waals surface area contributed by atoms with Crippen molar-refractivity contribution >= 4 is 33.8 Å². The van der Waals surface area contributed by atoms with Crippen molar-refractivity contribution in [3.05, 3.63) is 44.8 Å². The van der Waals surface area contributed by atoms with E-state index in [1.54, 1.807) is 29.5 Å². The van der Waals surface area contributed by atoms with Crippen LogP contribution in [0.5, 0.6) is 5.75 Å². The summed E-state index contributed by atoms with van der Waals surface area (Å²) >= 11 is 7.67. The molecule has 0 spiro atoms. The molecular formula is C16H15ClN2O2S. The summed E-state index contributed by atoms with van der Waals surface area (Å²) in [4.78, 5) is 13.9. The molecule has 114 valence electrons. The van der Waals surface area contributed by atoms with Gasteiger partial charge in [-0.25, -0.2) is 0 Å². The highest BCUT2D eigenvalue weighted by molar-refractivity contribution is 7.16. The number of carbonyl (C=O) groups excluding carboxylic acids is 1. The Balaban J connectivity index is 1.74. The molecule has 0 saturated carbocycles. The molecule has 0 saturated heterocycles. The summed E-state index contributed by atoms with van der Waals surface area (Å²) in [6.45, 7) is 0. The summed E-state index contributed by atoms with van der Waals surface area (Å²) in [6, 6.07) is 4.84. The fraction of sp³-hybridized carbons (Fsp3) is 0.312. The monoisotopic (exact) mass is 334 g/mol. The second-order valence-electron chi connectivity index (χ2n) is 5.67. The number of nitrogens with one attached hydrogen (secondary N) is 2. The number of anilines is 1. The first-order chi connectivity index (χ1) is 10.6. The third-order valence-electron chi connectivity index (χ3n) is 4.25. The Kier molecular flexibility index (Phi) is 3.27. The van der Waals surface area contributed by atoms with E-state index in [-0.39, 0.29) is 11.7 Å². The molecule has 2 heterocycles. The molecule has 6 heteroatoms. The van der Waals surface area contributed by atoms with Crippen LogP contribution in [0.15, 0.2) is 18.2 Å². The normalized spacial score (nSPS) is 19.9. The molecular weight excluding hydrogens is 320 g/mol. The molecule has 22 heavy (non-hydrogen) atoms. The number of rotatable bonds is 1. The summed E-state index contributed by atoms with van der Waals surface area (Å²) in [5.41, 5.74) is 2.57. The fourth-order valence-electron chi connectivity index (χ4n) is 3.19. The average Bonchev–Trinajstić information content (AvgIpc) is 2.88. The van der Waals surface area contributed by atoms with E-state index in [0.717, 1.165) is 29.8 Å². The van der Waals surface area contributed by atoms with Gasteiger partial charge in [0.2, 0.25) is 0 Å². The third-order valence-corrected chi connectivity index (χ3v) is 5.71. The zero-order chi connectivity index (χ0) is 15.3. The van der Waals surface area contributed by atoms with Gasteiger partial charge in [-0.15, -0.1) is 11.3 Å². The van der Waals surface area contributed by atoms with Crippen LogP contribution in [0, 0.1) is 0 Å². The molecule has 2 aliphatic rings. The molecule has 1 atom stereocenters. The molecule has 0 radical (unpaired) electrons. The highest BCUT2D eigenvalue weighted by Crippen LogP contribution is 2.42. The number of hydrogen-bond donors (Lipinski definition) is 3. The van der Waals surface area contributed by atoms with Gasteiger partial charge in [0.25, 0.3) is 5.91 Å². The van der Waals surface area contributed by atoms with E-state index in [4.69, 9.17) is 11.6 Å². The first-order valence-corrected chi connectivity index (χ1v) is 8.53. The van der Waals surface area contributed by atoms with Gasteiger partial charge in [0, 0.05) is 15.5 Å². The Morgan fingerprint density at radius 2 is 2.05 bits per heavy atom. The summed E-state index contributed by atoms with van der Waals surface area (Å²) in [6.07, 6.45) is 3.89. The Morgan fingerprint density at radius 1 is 1.23 bits per heavy atom. The topological polar surface area (TPSA) is 61.4 Å². The minimum Gasteiger partial charge on any atom is -0.508 e. The van der Waals surface area contributed by atoms with Gasteiger partial charge in [0.1, 0.15) is 16.9 Å². The third kappa shape index (κ3) is 2.16. The van der Waals surface area contributed by atoms with Crippen molar-refractivity contribution in [3.8, 4) is 5.75 Å². The van der Waals surface area contributed by atoms with Crippen LogP contribution in [-0.4, -0.2) is 11.0 Å². The van der Waals surface area contributed by atoms with E-state index in [2.05, 4.69) is 10.6 Å². The summed E-state index contributed by atoms with van der Waals surface area (Å²) < 4.78 is 0. The van der Waals surface area contributed by atoms with Crippen molar-refractivity contribution in [2.75, 3.05) is 5.32 Å². The van der Waals surface area contributed by atoms with Crippen molar-refractivity contribution in [2.45, 2.75) is 31.8 Å². The maximum absolute atomic E-state index is 12.5. The SMILES string of the molecule is O=C1NC(c2cc(Cl)ccc2O)Nc2sc3c(c21)CCCC3. The zero-order valence-electron chi connectivity index (χ0n) is 11.8. The van der Waals surface area contributed by atoms with Crippen molar-refractivity contribution in [1.82, 2.24) is 5.32 Å². The predicted molar refractivity (Wildman–Crippen MR) is 87.9 cm³/mol. The molecule has 1 unspecified atom stereocenters. The lowest BCUT2D eigenvalue weighted by Gasteiger charge is -2.27. The summed E-state index contributed by atoms with van der Waals surface area (Å²) in [5.74, 6) is 0.0458. The predicted octanol–water partition coefficient (Wildman–Crippen LogP) is 3.84. The molecule has 0 bridgehead atoms. The minimum absolute atomic E-state index is 0.0717. The molecule has 2 aromatic rings. The van der Waals surface area contributed by atoms with Gasteiger partial charge in [-0.3, -0.25) is 4.79 Å². The minimum atomic E-state index is -0.459. The number of carbonyl (C=O) groups is 1. The molecule has 1 aromatic carbocycles. The molecule has 1 aliphatic heterocycles. The Bertz CT molecular complexity index is 772. The molecule has 4 nitrogen and oxygen atoms in total. The largest absolute Gasteiger partial charge is 0.508 e. The van der Waals surface area contributed by atoms with E-state index in [1.807, 2.05) is 0 Å². The molecule has 3 N–H and O–H groups in total. The average molecular weight is 335 g/mol. The number of phenols is 1. The van der Waals surface area contributed by atoms with Crippen molar-refractivity contribution < 1.29 is 9.90 Å². The van der Waals surface area contributed by atoms with Gasteiger partial charge >= 0.3 is 0 Å². The summed E-state index contributed by atoms with van der Waals surface area (Å²) in [7, 11) is 0. The zero-order valence-corrected chi connectivity index (χ0v) is 13.4. The van der Waals surface area contributed by atoms with E-state index in [0.29, 0.717) is 10.6 Å². The number of thiophene rings is 1. The number of fused-ring (bicyclic) bond motifs is 3. The first kappa shape index (κ1) is 13.9. The van der Waals surface area contributed by atoms with Gasteiger partial charge in [-0.2, -0.15) is 0 Å². The van der Waals surface area contributed by atoms with Crippen LogP contribution in [0.2, 0.25) is 5.02 Å². The van der Waals surface area contributed by atoms with Crippen molar-refractivity contribution in [1.29, 1.82) is 0 Å². The smallest absolute Gasteiger partial charge is 0.256 e. The standard InChI is InChI=1S/C16H15ClN2O2S/c17-8-5-6-11(20)10(7-8)14-18-15(21)13-9-3-1-2-4-12(9)22-16(13)19-14/h5-7,14,19-20H,1-4H2,(H,18,21). The Morgan fingerprint density at radius 3 is 2.91 bits per heavy atom. The number of halogens is 1.